The molecule has 10 heteroatoms. The van der Waals surface area contributed by atoms with Crippen LogP contribution in [0.5, 0.6) is 5.75 Å². The van der Waals surface area contributed by atoms with Gasteiger partial charge in [-0.05, 0) is 85.9 Å². The summed E-state index contributed by atoms with van der Waals surface area (Å²) in [6.07, 6.45) is 0.360. The van der Waals surface area contributed by atoms with Gasteiger partial charge in [0.2, 0.25) is 11.8 Å². The Morgan fingerprint density at radius 2 is 1.54 bits per heavy atom. The number of aryl methyl sites for hydroxylation is 2. The highest BCUT2D eigenvalue weighted by molar-refractivity contribution is 9.10. The Kier molecular flexibility index (Phi) is 11.0. The third-order valence-electron chi connectivity index (χ3n) is 6.60. The first-order valence-electron chi connectivity index (χ1n) is 13.5. The number of ether oxygens (including phenoxy) is 1. The third-order valence-corrected chi connectivity index (χ3v) is 8.99. The summed E-state index contributed by atoms with van der Waals surface area (Å²) in [5.41, 5.74) is 3.19. The van der Waals surface area contributed by atoms with Crippen molar-refractivity contribution in [2.45, 2.75) is 64.6 Å². The number of amides is 2. The topological polar surface area (TPSA) is 96.0 Å². The van der Waals surface area contributed by atoms with Crippen LogP contribution in [0.1, 0.15) is 43.9 Å². The van der Waals surface area contributed by atoms with E-state index >= 15 is 0 Å². The number of nitrogens with one attached hydrogen (secondary N) is 1. The van der Waals surface area contributed by atoms with Crippen LogP contribution in [0.25, 0.3) is 0 Å². The lowest BCUT2D eigenvalue weighted by Gasteiger charge is -2.33. The lowest BCUT2D eigenvalue weighted by molar-refractivity contribution is -0.140. The fraction of sp³-hybridized carbons (Fsp3) is 0.355. The smallest absolute Gasteiger partial charge is 0.264 e. The molecule has 41 heavy (non-hydrogen) atoms. The number of sulfonamides is 1. The number of carbonyl (C=O) groups is 2. The summed E-state index contributed by atoms with van der Waals surface area (Å²) in [4.78, 5) is 28.8. The number of anilines is 1. The van der Waals surface area contributed by atoms with Crippen molar-refractivity contribution in [3.05, 3.63) is 87.9 Å². The molecular formula is C31H38BrN3O5S. The summed E-state index contributed by atoms with van der Waals surface area (Å²) < 4.78 is 34.9. The van der Waals surface area contributed by atoms with E-state index in [-0.39, 0.29) is 23.4 Å². The van der Waals surface area contributed by atoms with E-state index < -0.39 is 28.5 Å². The van der Waals surface area contributed by atoms with E-state index in [2.05, 4.69) is 21.2 Å². The average Bonchev–Trinajstić information content (AvgIpc) is 2.92. The number of hydrogen-bond acceptors (Lipinski definition) is 5. The predicted octanol–water partition coefficient (Wildman–Crippen LogP) is 5.60. The summed E-state index contributed by atoms with van der Waals surface area (Å²) in [6.45, 7) is 9.08. The van der Waals surface area contributed by atoms with Crippen LogP contribution in [0.3, 0.4) is 0 Å². The minimum Gasteiger partial charge on any atom is -0.496 e. The second-order valence-electron chi connectivity index (χ2n) is 10.2. The fourth-order valence-electron chi connectivity index (χ4n) is 4.36. The highest BCUT2D eigenvalue weighted by Gasteiger charge is 2.34. The van der Waals surface area contributed by atoms with Gasteiger partial charge in [0, 0.05) is 12.6 Å². The Labute approximate surface area is 251 Å². The van der Waals surface area contributed by atoms with Crippen LogP contribution in [0.4, 0.5) is 5.69 Å². The van der Waals surface area contributed by atoms with Gasteiger partial charge in [-0.1, -0.05) is 54.4 Å². The van der Waals surface area contributed by atoms with E-state index in [1.807, 2.05) is 58.9 Å². The number of hydrogen-bond donors (Lipinski definition) is 1. The summed E-state index contributed by atoms with van der Waals surface area (Å²) in [5, 5.41) is 2.91. The van der Waals surface area contributed by atoms with E-state index in [1.165, 1.54) is 24.1 Å². The molecule has 0 heterocycles. The van der Waals surface area contributed by atoms with E-state index in [4.69, 9.17) is 4.74 Å². The van der Waals surface area contributed by atoms with Gasteiger partial charge in [0.1, 0.15) is 18.3 Å². The van der Waals surface area contributed by atoms with E-state index in [0.29, 0.717) is 22.3 Å². The monoisotopic (exact) mass is 643 g/mol. The Morgan fingerprint density at radius 1 is 0.951 bits per heavy atom. The average molecular weight is 645 g/mol. The molecule has 0 radical (unpaired) electrons. The maximum absolute atomic E-state index is 14.1. The van der Waals surface area contributed by atoms with Crippen LogP contribution in [-0.4, -0.2) is 50.9 Å². The van der Waals surface area contributed by atoms with Gasteiger partial charge in [-0.25, -0.2) is 8.42 Å². The lowest BCUT2D eigenvalue weighted by Crippen LogP contribution is -2.53. The Balaban J connectivity index is 2.08. The second-order valence-corrected chi connectivity index (χ2v) is 13.0. The van der Waals surface area contributed by atoms with Crippen molar-refractivity contribution >= 4 is 43.5 Å². The highest BCUT2D eigenvalue weighted by atomic mass is 79.9. The molecule has 3 rings (SSSR count). The zero-order valence-electron chi connectivity index (χ0n) is 24.3. The Morgan fingerprint density at radius 3 is 2.05 bits per heavy atom. The van der Waals surface area contributed by atoms with Crippen molar-refractivity contribution in [3.63, 3.8) is 0 Å². The first-order valence-corrected chi connectivity index (χ1v) is 15.7. The van der Waals surface area contributed by atoms with Crippen molar-refractivity contribution in [1.29, 1.82) is 0 Å². The Hall–Kier alpha value is -3.37. The molecule has 3 aromatic rings. The van der Waals surface area contributed by atoms with Crippen molar-refractivity contribution in [2.24, 2.45) is 0 Å². The van der Waals surface area contributed by atoms with Crippen molar-refractivity contribution in [1.82, 2.24) is 10.2 Å². The zero-order chi connectivity index (χ0) is 30.3. The molecule has 0 bridgehead atoms. The van der Waals surface area contributed by atoms with E-state index in [9.17, 15) is 18.0 Å². The number of nitrogens with zero attached hydrogens (tertiary/aromatic N) is 2. The third kappa shape index (κ3) is 8.10. The molecule has 8 nitrogen and oxygen atoms in total. The SMILES string of the molecule is CCC(C(=O)NC(C)C)N(Cc1ccc(C)cc1)C(=O)CN(c1ccc(C)cc1)S(=O)(=O)c1ccc(OC)c(Br)c1. The van der Waals surface area contributed by atoms with Gasteiger partial charge in [-0.3, -0.25) is 13.9 Å². The normalized spacial score (nSPS) is 12.1. The molecule has 1 unspecified atom stereocenters. The van der Waals surface area contributed by atoms with Crippen LogP contribution in [-0.2, 0) is 26.2 Å². The first-order chi connectivity index (χ1) is 19.4. The molecule has 0 aliphatic heterocycles. The van der Waals surface area contributed by atoms with Gasteiger partial charge in [0.25, 0.3) is 10.0 Å². The molecule has 220 valence electrons. The van der Waals surface area contributed by atoms with Gasteiger partial charge < -0.3 is 15.0 Å². The number of carbonyl (C=O) groups excluding carboxylic acids is 2. The van der Waals surface area contributed by atoms with E-state index in [0.717, 1.165) is 21.0 Å². The Bertz CT molecular complexity index is 1460. The van der Waals surface area contributed by atoms with Gasteiger partial charge in [0.15, 0.2) is 0 Å². The molecule has 0 spiro atoms. The molecule has 0 aliphatic carbocycles. The fourth-order valence-corrected chi connectivity index (χ4v) is 6.50. The minimum atomic E-state index is -4.19. The second kappa shape index (κ2) is 14.0. The van der Waals surface area contributed by atoms with Crippen molar-refractivity contribution in [2.75, 3.05) is 18.0 Å². The number of halogens is 1. The number of benzene rings is 3. The highest BCUT2D eigenvalue weighted by Crippen LogP contribution is 2.31. The molecule has 0 saturated carbocycles. The molecule has 0 aromatic heterocycles. The van der Waals surface area contributed by atoms with E-state index in [1.54, 1.807) is 30.3 Å². The molecule has 1 atom stereocenters. The predicted molar refractivity (Wildman–Crippen MR) is 165 cm³/mol. The maximum Gasteiger partial charge on any atom is 0.264 e. The quantitative estimate of drug-likeness (QED) is 0.277. The van der Waals surface area contributed by atoms with Gasteiger partial charge in [-0.15, -0.1) is 0 Å². The molecule has 1 N–H and O–H groups in total. The summed E-state index contributed by atoms with van der Waals surface area (Å²) in [6, 6.07) is 18.2. The van der Waals surface area contributed by atoms with Crippen LogP contribution < -0.4 is 14.4 Å². The molecule has 3 aromatic carbocycles. The summed E-state index contributed by atoms with van der Waals surface area (Å²) >= 11 is 3.37. The largest absolute Gasteiger partial charge is 0.496 e. The molecular weight excluding hydrogens is 606 g/mol. The van der Waals surface area contributed by atoms with Gasteiger partial charge in [-0.2, -0.15) is 0 Å². The van der Waals surface area contributed by atoms with Crippen molar-refractivity contribution < 1.29 is 22.7 Å². The van der Waals surface area contributed by atoms with Crippen LogP contribution >= 0.6 is 15.9 Å². The van der Waals surface area contributed by atoms with Gasteiger partial charge in [0.05, 0.1) is 22.2 Å². The maximum atomic E-state index is 14.1. The number of rotatable bonds is 12. The van der Waals surface area contributed by atoms with Crippen molar-refractivity contribution in [3.8, 4) is 5.75 Å². The molecule has 0 fully saturated rings. The van der Waals surface area contributed by atoms with Gasteiger partial charge >= 0.3 is 0 Å². The summed E-state index contributed by atoms with van der Waals surface area (Å²) in [5.74, 6) is -0.298. The minimum absolute atomic E-state index is 0.00627. The summed E-state index contributed by atoms with van der Waals surface area (Å²) in [7, 11) is -2.70. The molecule has 0 saturated heterocycles. The van der Waals surface area contributed by atoms with Crippen LogP contribution in [0.2, 0.25) is 0 Å². The van der Waals surface area contributed by atoms with Crippen LogP contribution in [0, 0.1) is 13.8 Å². The lowest BCUT2D eigenvalue weighted by atomic mass is 10.1. The molecule has 0 aliphatic rings. The zero-order valence-corrected chi connectivity index (χ0v) is 26.8. The first kappa shape index (κ1) is 32.1. The van der Waals surface area contributed by atoms with Crippen LogP contribution in [0.15, 0.2) is 76.1 Å². The standard InChI is InChI=1S/C31H38BrN3O5S/c1-7-28(31(37)33-21(2)3)34(19-24-12-8-22(4)9-13-24)30(36)20-35(25-14-10-23(5)11-15-25)41(38,39)26-16-17-29(40-6)27(32)18-26/h8-18,21,28H,7,19-20H2,1-6H3,(H,33,37). The molecule has 2 amide bonds. The number of methoxy groups -OCH3 is 1.